The number of hydrogen-bond acceptors (Lipinski definition) is 4. The Morgan fingerprint density at radius 3 is 2.62 bits per heavy atom. The maximum Gasteiger partial charge on any atom is 0.0969 e. The van der Waals surface area contributed by atoms with Crippen molar-refractivity contribution in [3.8, 4) is 5.69 Å². The van der Waals surface area contributed by atoms with E-state index in [1.165, 1.54) is 11.1 Å². The predicted octanol–water partition coefficient (Wildman–Crippen LogP) is 2.13. The molecule has 1 heterocycles. The van der Waals surface area contributed by atoms with E-state index in [1.807, 2.05) is 6.92 Å². The van der Waals surface area contributed by atoms with Gasteiger partial charge >= 0.3 is 0 Å². The molecule has 0 aliphatic heterocycles. The van der Waals surface area contributed by atoms with Crippen molar-refractivity contribution in [2.75, 3.05) is 6.54 Å². The average molecular weight is 288 g/mol. The van der Waals surface area contributed by atoms with E-state index in [-0.39, 0.29) is 6.10 Å². The second-order valence-corrected chi connectivity index (χ2v) is 5.50. The van der Waals surface area contributed by atoms with Gasteiger partial charge in [0.05, 0.1) is 23.7 Å². The highest BCUT2D eigenvalue weighted by atomic mass is 16.3. The van der Waals surface area contributed by atoms with Crippen LogP contribution >= 0.6 is 0 Å². The summed E-state index contributed by atoms with van der Waals surface area (Å²) in [5.41, 5.74) is 4.30. The molecule has 0 bridgehead atoms. The van der Waals surface area contributed by atoms with E-state index in [2.05, 4.69) is 47.6 Å². The Morgan fingerprint density at radius 1 is 1.24 bits per heavy atom. The Hall–Kier alpha value is -1.72. The predicted molar refractivity (Wildman–Crippen MR) is 83.5 cm³/mol. The molecule has 21 heavy (non-hydrogen) atoms. The Kier molecular flexibility index (Phi) is 5.47. The van der Waals surface area contributed by atoms with E-state index in [0.29, 0.717) is 6.54 Å². The topological polar surface area (TPSA) is 63.0 Å². The van der Waals surface area contributed by atoms with Crippen molar-refractivity contribution in [1.82, 2.24) is 20.3 Å². The zero-order valence-electron chi connectivity index (χ0n) is 13.0. The van der Waals surface area contributed by atoms with Gasteiger partial charge in [-0.1, -0.05) is 13.0 Å². The lowest BCUT2D eigenvalue weighted by Gasteiger charge is -2.07. The van der Waals surface area contributed by atoms with Crippen LogP contribution in [-0.2, 0) is 6.54 Å². The number of aliphatic hydroxyl groups excluding tert-OH is 1. The zero-order chi connectivity index (χ0) is 15.2. The smallest absolute Gasteiger partial charge is 0.0969 e. The Labute approximate surface area is 126 Å². The fourth-order valence-corrected chi connectivity index (χ4v) is 2.26. The van der Waals surface area contributed by atoms with Crippen molar-refractivity contribution >= 4 is 0 Å². The third-order valence-corrected chi connectivity index (χ3v) is 3.41. The molecule has 0 radical (unpaired) electrons. The first-order valence-electron chi connectivity index (χ1n) is 7.47. The molecule has 0 amide bonds. The molecule has 5 heteroatoms. The molecule has 1 unspecified atom stereocenters. The van der Waals surface area contributed by atoms with Crippen molar-refractivity contribution in [2.45, 2.75) is 46.3 Å². The van der Waals surface area contributed by atoms with Crippen LogP contribution in [0, 0.1) is 13.8 Å². The zero-order valence-corrected chi connectivity index (χ0v) is 13.0. The first kappa shape index (κ1) is 15.7. The molecule has 114 valence electrons. The molecule has 0 fully saturated rings. The molecule has 0 saturated carbocycles. The molecular weight excluding hydrogens is 264 g/mol. The standard InChI is InChI=1S/C16H24N4O/c1-4-16(21)5-6-17-10-14-11-18-20(19-14)15-8-12(2)7-13(3)9-15/h7-9,11,16-17,21H,4-6,10H2,1-3H3. The fourth-order valence-electron chi connectivity index (χ4n) is 2.26. The summed E-state index contributed by atoms with van der Waals surface area (Å²) in [6.45, 7) is 7.58. The summed E-state index contributed by atoms with van der Waals surface area (Å²) in [6.07, 6.45) is 3.12. The summed E-state index contributed by atoms with van der Waals surface area (Å²) in [5, 5.41) is 21.6. The molecule has 1 atom stereocenters. The second-order valence-electron chi connectivity index (χ2n) is 5.50. The normalized spacial score (nSPS) is 12.6. The maximum atomic E-state index is 9.49. The number of aliphatic hydroxyl groups is 1. The molecule has 5 nitrogen and oxygen atoms in total. The summed E-state index contributed by atoms with van der Waals surface area (Å²) in [7, 11) is 0. The highest BCUT2D eigenvalue weighted by Gasteiger charge is 2.05. The van der Waals surface area contributed by atoms with Gasteiger partial charge in [0.15, 0.2) is 0 Å². The number of nitrogens with one attached hydrogen (secondary N) is 1. The minimum atomic E-state index is -0.219. The molecule has 0 saturated heterocycles. The molecule has 2 rings (SSSR count). The summed E-state index contributed by atoms with van der Waals surface area (Å²) in [5.74, 6) is 0. The monoisotopic (exact) mass is 288 g/mol. The van der Waals surface area contributed by atoms with Crippen LogP contribution in [-0.4, -0.2) is 32.7 Å². The Morgan fingerprint density at radius 2 is 1.95 bits per heavy atom. The number of benzene rings is 1. The van der Waals surface area contributed by atoms with E-state index in [9.17, 15) is 5.11 Å². The largest absolute Gasteiger partial charge is 0.393 e. The lowest BCUT2D eigenvalue weighted by atomic mass is 10.1. The molecule has 1 aromatic carbocycles. The average Bonchev–Trinajstić information content (AvgIpc) is 2.91. The minimum absolute atomic E-state index is 0.219. The molecular formula is C16H24N4O. The second kappa shape index (κ2) is 7.33. The molecule has 1 aromatic heterocycles. The highest BCUT2D eigenvalue weighted by molar-refractivity contribution is 5.37. The van der Waals surface area contributed by atoms with Crippen LogP contribution in [0.3, 0.4) is 0 Å². The van der Waals surface area contributed by atoms with E-state index in [4.69, 9.17) is 0 Å². The molecule has 2 N–H and O–H groups in total. The van der Waals surface area contributed by atoms with Crippen LogP contribution in [0.15, 0.2) is 24.4 Å². The number of hydrogen-bond donors (Lipinski definition) is 2. The number of nitrogens with zero attached hydrogens (tertiary/aromatic N) is 3. The lowest BCUT2D eigenvalue weighted by molar-refractivity contribution is 0.159. The summed E-state index contributed by atoms with van der Waals surface area (Å²) < 4.78 is 0. The minimum Gasteiger partial charge on any atom is -0.393 e. The number of aryl methyl sites for hydroxylation is 2. The van der Waals surface area contributed by atoms with Crippen molar-refractivity contribution in [3.05, 3.63) is 41.2 Å². The van der Waals surface area contributed by atoms with Crippen molar-refractivity contribution in [1.29, 1.82) is 0 Å². The van der Waals surface area contributed by atoms with Crippen LogP contribution in [0.2, 0.25) is 0 Å². The SMILES string of the molecule is CCC(O)CCNCc1cnn(-c2cc(C)cc(C)c2)n1. The van der Waals surface area contributed by atoms with Crippen molar-refractivity contribution in [3.63, 3.8) is 0 Å². The van der Waals surface area contributed by atoms with Gasteiger partial charge in [0.25, 0.3) is 0 Å². The van der Waals surface area contributed by atoms with Gasteiger partial charge in [0.2, 0.25) is 0 Å². The molecule has 0 aliphatic rings. The fraction of sp³-hybridized carbons (Fsp3) is 0.500. The summed E-state index contributed by atoms with van der Waals surface area (Å²) >= 11 is 0. The molecule has 2 aromatic rings. The summed E-state index contributed by atoms with van der Waals surface area (Å²) in [4.78, 5) is 1.66. The maximum absolute atomic E-state index is 9.49. The summed E-state index contributed by atoms with van der Waals surface area (Å²) in [6, 6.07) is 6.28. The first-order valence-corrected chi connectivity index (χ1v) is 7.47. The van der Waals surface area contributed by atoms with Gasteiger partial charge in [-0.25, -0.2) is 0 Å². The van der Waals surface area contributed by atoms with Crippen LogP contribution in [0.25, 0.3) is 5.69 Å². The van der Waals surface area contributed by atoms with Crippen LogP contribution < -0.4 is 5.32 Å². The van der Waals surface area contributed by atoms with Gasteiger partial charge in [-0.15, -0.1) is 0 Å². The quantitative estimate of drug-likeness (QED) is 0.766. The highest BCUT2D eigenvalue weighted by Crippen LogP contribution is 2.12. The molecule has 0 spiro atoms. The number of rotatable bonds is 7. The van der Waals surface area contributed by atoms with Crippen LogP contribution in [0.4, 0.5) is 0 Å². The van der Waals surface area contributed by atoms with E-state index >= 15 is 0 Å². The lowest BCUT2D eigenvalue weighted by Crippen LogP contribution is -2.20. The number of aromatic nitrogens is 3. The third-order valence-electron chi connectivity index (χ3n) is 3.41. The van der Waals surface area contributed by atoms with Gasteiger partial charge in [-0.2, -0.15) is 15.0 Å². The van der Waals surface area contributed by atoms with E-state index in [0.717, 1.165) is 30.8 Å². The van der Waals surface area contributed by atoms with Gasteiger partial charge < -0.3 is 10.4 Å². The Bertz CT molecular complexity index is 559. The third kappa shape index (κ3) is 4.65. The van der Waals surface area contributed by atoms with Gasteiger partial charge in [0.1, 0.15) is 0 Å². The first-order chi connectivity index (χ1) is 10.1. The van der Waals surface area contributed by atoms with Gasteiger partial charge in [-0.3, -0.25) is 0 Å². The van der Waals surface area contributed by atoms with Gasteiger partial charge in [0, 0.05) is 6.54 Å². The van der Waals surface area contributed by atoms with Crippen molar-refractivity contribution < 1.29 is 5.11 Å². The Balaban J connectivity index is 1.92. The molecule has 0 aliphatic carbocycles. The van der Waals surface area contributed by atoms with Crippen molar-refractivity contribution in [2.24, 2.45) is 0 Å². The van der Waals surface area contributed by atoms with Gasteiger partial charge in [-0.05, 0) is 56.5 Å². The van der Waals surface area contributed by atoms with Crippen LogP contribution in [0.1, 0.15) is 36.6 Å². The van der Waals surface area contributed by atoms with Crippen LogP contribution in [0.5, 0.6) is 0 Å². The van der Waals surface area contributed by atoms with E-state index in [1.54, 1.807) is 11.0 Å². The van der Waals surface area contributed by atoms with E-state index < -0.39 is 0 Å².